The Kier molecular flexibility index (Phi) is 3.57. The first-order valence-electron chi connectivity index (χ1n) is 5.84. The fraction of sp³-hybridized carbons (Fsp3) is 0.462. The van der Waals surface area contributed by atoms with Gasteiger partial charge < -0.3 is 11.1 Å². The van der Waals surface area contributed by atoms with Crippen molar-refractivity contribution < 1.29 is 4.79 Å². The van der Waals surface area contributed by atoms with Crippen LogP contribution in [0.3, 0.4) is 0 Å². The average molecular weight is 218 g/mol. The molecule has 0 saturated carbocycles. The van der Waals surface area contributed by atoms with Crippen molar-refractivity contribution >= 4 is 5.91 Å². The van der Waals surface area contributed by atoms with Gasteiger partial charge in [-0.15, -0.1) is 0 Å². The third kappa shape index (κ3) is 2.61. The molecule has 1 heterocycles. The zero-order valence-corrected chi connectivity index (χ0v) is 9.36. The summed E-state index contributed by atoms with van der Waals surface area (Å²) in [5.41, 5.74) is 6.81. The Balaban J connectivity index is 1.91. The van der Waals surface area contributed by atoms with Gasteiger partial charge in [0.05, 0.1) is 5.92 Å². The molecule has 0 radical (unpaired) electrons. The van der Waals surface area contributed by atoms with Crippen LogP contribution in [-0.2, 0) is 11.2 Å². The summed E-state index contributed by atoms with van der Waals surface area (Å²) in [6.45, 7) is 0.462. The lowest BCUT2D eigenvalue weighted by atomic mass is 9.91. The molecule has 2 unspecified atom stereocenters. The van der Waals surface area contributed by atoms with Gasteiger partial charge in [-0.2, -0.15) is 0 Å². The Hall–Kier alpha value is -1.35. The minimum atomic E-state index is 0.0204. The van der Waals surface area contributed by atoms with Gasteiger partial charge in [0.1, 0.15) is 0 Å². The maximum Gasteiger partial charge on any atom is 0.224 e. The number of benzene rings is 1. The summed E-state index contributed by atoms with van der Waals surface area (Å²) in [5.74, 6) is 0.140. The molecule has 0 bridgehead atoms. The summed E-state index contributed by atoms with van der Waals surface area (Å²) < 4.78 is 0. The molecule has 3 nitrogen and oxygen atoms in total. The molecular formula is C13H18N2O. The van der Waals surface area contributed by atoms with Crippen molar-refractivity contribution in [1.29, 1.82) is 0 Å². The second-order valence-electron chi connectivity index (χ2n) is 4.41. The predicted octanol–water partition coefficient (Wildman–Crippen LogP) is 1.08. The van der Waals surface area contributed by atoms with Gasteiger partial charge in [0, 0.05) is 12.6 Å². The van der Waals surface area contributed by atoms with E-state index in [-0.39, 0.29) is 17.9 Å². The summed E-state index contributed by atoms with van der Waals surface area (Å²) in [4.78, 5) is 11.6. The van der Waals surface area contributed by atoms with E-state index in [2.05, 4.69) is 17.4 Å². The smallest absolute Gasteiger partial charge is 0.224 e. The van der Waals surface area contributed by atoms with E-state index in [1.54, 1.807) is 0 Å². The van der Waals surface area contributed by atoms with Crippen LogP contribution in [-0.4, -0.2) is 18.5 Å². The van der Waals surface area contributed by atoms with Crippen molar-refractivity contribution in [3.63, 3.8) is 0 Å². The number of nitrogens with one attached hydrogen (secondary N) is 1. The Bertz CT molecular complexity index is 350. The Morgan fingerprint density at radius 2 is 2.00 bits per heavy atom. The largest absolute Gasteiger partial charge is 0.353 e. The standard InChI is InChI=1S/C13H18N2O/c14-9-11-6-7-12(15-13(11)16)8-10-4-2-1-3-5-10/h1-5,11-12H,6-9,14H2,(H,15,16). The maximum atomic E-state index is 11.6. The topological polar surface area (TPSA) is 55.1 Å². The summed E-state index contributed by atoms with van der Waals surface area (Å²) in [6.07, 6.45) is 2.87. The van der Waals surface area contributed by atoms with E-state index in [4.69, 9.17) is 5.73 Å². The number of carbonyl (C=O) groups is 1. The van der Waals surface area contributed by atoms with Crippen LogP contribution in [0.5, 0.6) is 0 Å². The fourth-order valence-electron chi connectivity index (χ4n) is 2.20. The third-order valence-corrected chi connectivity index (χ3v) is 3.19. The number of carbonyl (C=O) groups excluding carboxylic acids is 1. The van der Waals surface area contributed by atoms with Gasteiger partial charge in [-0.3, -0.25) is 4.79 Å². The summed E-state index contributed by atoms with van der Waals surface area (Å²) in [7, 11) is 0. The average Bonchev–Trinajstić information content (AvgIpc) is 2.31. The van der Waals surface area contributed by atoms with E-state index in [1.807, 2.05) is 18.2 Å². The molecule has 1 aromatic carbocycles. The lowest BCUT2D eigenvalue weighted by Crippen LogP contribution is -2.47. The van der Waals surface area contributed by atoms with Crippen LogP contribution in [0.25, 0.3) is 0 Å². The first-order chi connectivity index (χ1) is 7.79. The van der Waals surface area contributed by atoms with Gasteiger partial charge in [0.2, 0.25) is 5.91 Å². The van der Waals surface area contributed by atoms with Crippen molar-refractivity contribution in [2.24, 2.45) is 11.7 Å². The normalized spacial score (nSPS) is 25.2. The van der Waals surface area contributed by atoms with Gasteiger partial charge in [-0.1, -0.05) is 30.3 Å². The van der Waals surface area contributed by atoms with Crippen molar-refractivity contribution in [1.82, 2.24) is 5.32 Å². The van der Waals surface area contributed by atoms with Crippen LogP contribution in [0.2, 0.25) is 0 Å². The molecule has 0 spiro atoms. The molecule has 2 atom stereocenters. The van der Waals surface area contributed by atoms with Crippen LogP contribution in [0.4, 0.5) is 0 Å². The van der Waals surface area contributed by atoms with Crippen LogP contribution >= 0.6 is 0 Å². The second-order valence-corrected chi connectivity index (χ2v) is 4.41. The fourth-order valence-corrected chi connectivity index (χ4v) is 2.20. The van der Waals surface area contributed by atoms with Crippen molar-refractivity contribution in [3.05, 3.63) is 35.9 Å². The summed E-state index contributed by atoms with van der Waals surface area (Å²) >= 11 is 0. The first-order valence-corrected chi connectivity index (χ1v) is 5.84. The van der Waals surface area contributed by atoms with Crippen molar-refractivity contribution in [2.45, 2.75) is 25.3 Å². The highest BCUT2D eigenvalue weighted by molar-refractivity contribution is 5.80. The zero-order valence-electron chi connectivity index (χ0n) is 9.36. The SMILES string of the molecule is NCC1CCC(Cc2ccccc2)NC1=O. The maximum absolute atomic E-state index is 11.6. The van der Waals surface area contributed by atoms with E-state index in [9.17, 15) is 4.79 Å². The number of hydrogen-bond acceptors (Lipinski definition) is 2. The molecule has 1 aliphatic heterocycles. The second kappa shape index (κ2) is 5.12. The molecule has 1 saturated heterocycles. The van der Waals surface area contributed by atoms with Gasteiger partial charge in [-0.25, -0.2) is 0 Å². The van der Waals surface area contributed by atoms with Gasteiger partial charge >= 0.3 is 0 Å². The predicted molar refractivity (Wildman–Crippen MR) is 63.9 cm³/mol. The lowest BCUT2D eigenvalue weighted by molar-refractivity contribution is -0.127. The van der Waals surface area contributed by atoms with E-state index >= 15 is 0 Å². The minimum Gasteiger partial charge on any atom is -0.353 e. The third-order valence-electron chi connectivity index (χ3n) is 3.19. The van der Waals surface area contributed by atoms with Gasteiger partial charge in [0.15, 0.2) is 0 Å². The molecular weight excluding hydrogens is 200 g/mol. The molecule has 1 amide bonds. The molecule has 3 heteroatoms. The number of hydrogen-bond donors (Lipinski definition) is 2. The van der Waals surface area contributed by atoms with Gasteiger partial charge in [-0.05, 0) is 24.8 Å². The van der Waals surface area contributed by atoms with Crippen LogP contribution in [0.15, 0.2) is 30.3 Å². The zero-order chi connectivity index (χ0) is 11.4. The molecule has 1 aliphatic rings. The molecule has 0 aromatic heterocycles. The number of nitrogens with two attached hydrogens (primary N) is 1. The van der Waals surface area contributed by atoms with Gasteiger partial charge in [0.25, 0.3) is 0 Å². The molecule has 1 aromatic rings. The molecule has 3 N–H and O–H groups in total. The Morgan fingerprint density at radius 1 is 1.25 bits per heavy atom. The number of amides is 1. The summed E-state index contributed by atoms with van der Waals surface area (Å²) in [6, 6.07) is 10.5. The van der Waals surface area contributed by atoms with Crippen LogP contribution in [0, 0.1) is 5.92 Å². The van der Waals surface area contributed by atoms with Crippen LogP contribution < -0.4 is 11.1 Å². The monoisotopic (exact) mass is 218 g/mol. The molecule has 1 fully saturated rings. The quantitative estimate of drug-likeness (QED) is 0.797. The van der Waals surface area contributed by atoms with E-state index in [0.29, 0.717) is 6.54 Å². The van der Waals surface area contributed by atoms with E-state index < -0.39 is 0 Å². The first kappa shape index (κ1) is 11.1. The molecule has 0 aliphatic carbocycles. The Labute approximate surface area is 96.0 Å². The molecule has 86 valence electrons. The number of rotatable bonds is 3. The summed E-state index contributed by atoms with van der Waals surface area (Å²) in [5, 5.41) is 3.05. The highest BCUT2D eigenvalue weighted by Crippen LogP contribution is 2.17. The van der Waals surface area contributed by atoms with Crippen molar-refractivity contribution in [2.75, 3.05) is 6.54 Å². The van der Waals surface area contributed by atoms with E-state index in [0.717, 1.165) is 19.3 Å². The molecule has 16 heavy (non-hydrogen) atoms. The highest BCUT2D eigenvalue weighted by Gasteiger charge is 2.26. The highest BCUT2D eigenvalue weighted by atomic mass is 16.2. The lowest BCUT2D eigenvalue weighted by Gasteiger charge is -2.28. The minimum absolute atomic E-state index is 0.0204. The van der Waals surface area contributed by atoms with Crippen LogP contribution in [0.1, 0.15) is 18.4 Å². The molecule has 2 rings (SSSR count). The number of piperidine rings is 1. The van der Waals surface area contributed by atoms with E-state index in [1.165, 1.54) is 5.56 Å². The van der Waals surface area contributed by atoms with Crippen molar-refractivity contribution in [3.8, 4) is 0 Å². The Morgan fingerprint density at radius 3 is 2.62 bits per heavy atom.